The van der Waals surface area contributed by atoms with Crippen molar-refractivity contribution in [2.75, 3.05) is 5.32 Å². The van der Waals surface area contributed by atoms with E-state index in [2.05, 4.69) is 5.32 Å². The number of carbonyl (C=O) groups excluding carboxylic acids is 1. The number of benzene rings is 1. The molecule has 7 heteroatoms. The van der Waals surface area contributed by atoms with Gasteiger partial charge >= 0.3 is 5.69 Å². The maximum atomic E-state index is 13.2. The van der Waals surface area contributed by atoms with Crippen molar-refractivity contribution in [2.45, 2.75) is 19.3 Å². The minimum absolute atomic E-state index is 0.226. The third-order valence-electron chi connectivity index (χ3n) is 2.83. The molecular weight excluding hydrogens is 295 g/mol. The second-order valence-corrected chi connectivity index (χ2v) is 5.44. The molecule has 2 rings (SSSR count). The highest BCUT2D eigenvalue weighted by Gasteiger charge is 2.15. The molecule has 0 radical (unpaired) electrons. The lowest BCUT2D eigenvalue weighted by molar-refractivity contribution is -0.387. The zero-order chi connectivity index (χ0) is 15.2. The number of halogens is 1. The third kappa shape index (κ3) is 4.35. The molecule has 0 fully saturated rings. The van der Waals surface area contributed by atoms with Crippen LogP contribution in [0.2, 0.25) is 0 Å². The summed E-state index contributed by atoms with van der Waals surface area (Å²) in [6, 6.07) is 7.26. The fourth-order valence-electron chi connectivity index (χ4n) is 1.83. The molecule has 0 bridgehead atoms. The Hall–Kier alpha value is -2.28. The van der Waals surface area contributed by atoms with Gasteiger partial charge in [-0.15, -0.1) is 11.3 Å². The molecule has 0 saturated carbocycles. The maximum absolute atomic E-state index is 13.2. The number of nitrogens with zero attached hydrogens (tertiary/aromatic N) is 1. The summed E-state index contributed by atoms with van der Waals surface area (Å²) in [5.41, 5.74) is -0.421. The van der Waals surface area contributed by atoms with Crippen LogP contribution in [0.5, 0.6) is 0 Å². The first-order valence-corrected chi connectivity index (χ1v) is 7.20. The normalized spacial score (nSPS) is 10.3. The van der Waals surface area contributed by atoms with Crippen molar-refractivity contribution in [2.24, 2.45) is 0 Å². The quantitative estimate of drug-likeness (QED) is 0.652. The van der Waals surface area contributed by atoms with Crippen LogP contribution in [0.4, 0.5) is 15.8 Å². The average Bonchev–Trinajstić information content (AvgIpc) is 2.94. The number of nitro groups is 1. The molecule has 5 nitrogen and oxygen atoms in total. The van der Waals surface area contributed by atoms with Gasteiger partial charge in [-0.2, -0.15) is 4.39 Å². The van der Waals surface area contributed by atoms with Crippen LogP contribution in [-0.2, 0) is 11.2 Å². The van der Waals surface area contributed by atoms with E-state index in [1.807, 2.05) is 17.5 Å². The lowest BCUT2D eigenvalue weighted by Crippen LogP contribution is -2.11. The van der Waals surface area contributed by atoms with Crippen LogP contribution in [0.3, 0.4) is 0 Å². The van der Waals surface area contributed by atoms with Gasteiger partial charge in [0.25, 0.3) is 0 Å². The third-order valence-corrected chi connectivity index (χ3v) is 3.77. The largest absolute Gasteiger partial charge is 0.326 e. The topological polar surface area (TPSA) is 72.2 Å². The molecule has 1 amide bonds. The number of carbonyl (C=O) groups is 1. The van der Waals surface area contributed by atoms with Crippen molar-refractivity contribution in [1.29, 1.82) is 0 Å². The summed E-state index contributed by atoms with van der Waals surface area (Å²) in [6.07, 6.45) is 1.81. The number of amides is 1. The zero-order valence-corrected chi connectivity index (χ0v) is 11.9. The van der Waals surface area contributed by atoms with Gasteiger partial charge in [0.05, 0.1) is 4.92 Å². The molecule has 1 N–H and O–H groups in total. The number of nitro benzene ring substituents is 1. The predicted octanol–water partition coefficient (Wildman–Crippen LogP) is 3.76. The molecule has 0 atom stereocenters. The van der Waals surface area contributed by atoms with Crippen LogP contribution in [0.1, 0.15) is 17.7 Å². The van der Waals surface area contributed by atoms with Crippen LogP contribution in [0.25, 0.3) is 0 Å². The summed E-state index contributed by atoms with van der Waals surface area (Å²) < 4.78 is 13.2. The number of thiophene rings is 1. The Bertz CT molecular complexity index is 644. The van der Waals surface area contributed by atoms with Gasteiger partial charge in [0.2, 0.25) is 11.7 Å². The number of rotatable bonds is 6. The van der Waals surface area contributed by atoms with Crippen LogP contribution in [0, 0.1) is 15.9 Å². The van der Waals surface area contributed by atoms with E-state index in [1.54, 1.807) is 11.3 Å². The average molecular weight is 308 g/mol. The molecule has 0 unspecified atom stereocenters. The molecule has 0 saturated heterocycles. The molecule has 110 valence electrons. The van der Waals surface area contributed by atoms with Gasteiger partial charge in [0.15, 0.2) is 0 Å². The molecule has 2 aromatic rings. The van der Waals surface area contributed by atoms with E-state index >= 15 is 0 Å². The van der Waals surface area contributed by atoms with Crippen LogP contribution in [0.15, 0.2) is 35.7 Å². The van der Waals surface area contributed by atoms with Crippen molar-refractivity contribution < 1.29 is 14.1 Å². The van der Waals surface area contributed by atoms with Gasteiger partial charge in [-0.05, 0) is 36.4 Å². The van der Waals surface area contributed by atoms with E-state index in [1.165, 1.54) is 10.9 Å². The summed E-state index contributed by atoms with van der Waals surface area (Å²) in [7, 11) is 0. The molecule has 1 aromatic heterocycles. The van der Waals surface area contributed by atoms with Crippen molar-refractivity contribution in [3.05, 3.63) is 56.5 Å². The molecule has 0 aliphatic rings. The van der Waals surface area contributed by atoms with E-state index < -0.39 is 16.4 Å². The van der Waals surface area contributed by atoms with Gasteiger partial charge in [0, 0.05) is 23.1 Å². The van der Waals surface area contributed by atoms with Crippen LogP contribution < -0.4 is 5.32 Å². The Balaban J connectivity index is 1.87. The molecule has 21 heavy (non-hydrogen) atoms. The Morgan fingerprint density at radius 2 is 2.19 bits per heavy atom. The second-order valence-electron chi connectivity index (χ2n) is 4.40. The van der Waals surface area contributed by atoms with Gasteiger partial charge in [-0.3, -0.25) is 14.9 Å². The first kappa shape index (κ1) is 15.1. The SMILES string of the molecule is O=C(CCCc1cccs1)Nc1ccc(F)c([N+](=O)[O-])c1. The summed E-state index contributed by atoms with van der Waals surface area (Å²) >= 11 is 1.64. The lowest BCUT2D eigenvalue weighted by Gasteiger charge is -2.05. The van der Waals surface area contributed by atoms with E-state index in [-0.39, 0.29) is 11.6 Å². The number of hydrogen-bond acceptors (Lipinski definition) is 4. The number of anilines is 1. The summed E-state index contributed by atoms with van der Waals surface area (Å²) in [4.78, 5) is 22.7. The first-order valence-electron chi connectivity index (χ1n) is 6.32. The summed E-state index contributed by atoms with van der Waals surface area (Å²) in [5.74, 6) is -1.16. The highest BCUT2D eigenvalue weighted by atomic mass is 32.1. The number of hydrogen-bond donors (Lipinski definition) is 1. The number of nitrogens with one attached hydrogen (secondary N) is 1. The fraction of sp³-hybridized carbons (Fsp3) is 0.214. The highest BCUT2D eigenvalue weighted by molar-refractivity contribution is 7.09. The molecular formula is C14H13FN2O3S. The standard InChI is InChI=1S/C14H13FN2O3S/c15-12-7-6-10(9-13(12)17(19)20)16-14(18)5-1-3-11-4-2-8-21-11/h2,4,6-9H,1,3,5H2,(H,16,18). The minimum atomic E-state index is -0.921. The van der Waals surface area contributed by atoms with Crippen molar-refractivity contribution >= 4 is 28.6 Å². The molecule has 0 aliphatic heterocycles. The Morgan fingerprint density at radius 3 is 2.86 bits per heavy atom. The Labute approximate surface area is 124 Å². The predicted molar refractivity (Wildman–Crippen MR) is 78.9 cm³/mol. The maximum Gasteiger partial charge on any atom is 0.306 e. The van der Waals surface area contributed by atoms with E-state index in [9.17, 15) is 19.3 Å². The molecule has 1 aromatic carbocycles. The molecule has 1 heterocycles. The first-order chi connectivity index (χ1) is 10.1. The van der Waals surface area contributed by atoms with Gasteiger partial charge in [-0.1, -0.05) is 6.07 Å². The Kier molecular flexibility index (Phi) is 4.99. The second kappa shape index (κ2) is 6.94. The monoisotopic (exact) mass is 308 g/mol. The zero-order valence-electron chi connectivity index (χ0n) is 11.0. The van der Waals surface area contributed by atoms with Crippen LogP contribution in [-0.4, -0.2) is 10.8 Å². The summed E-state index contributed by atoms with van der Waals surface area (Å²) in [5, 5.41) is 15.1. The van der Waals surface area contributed by atoms with Gasteiger partial charge in [0.1, 0.15) is 0 Å². The fourth-order valence-corrected chi connectivity index (χ4v) is 2.58. The van der Waals surface area contributed by atoms with Crippen molar-refractivity contribution in [1.82, 2.24) is 0 Å². The van der Waals surface area contributed by atoms with Crippen molar-refractivity contribution in [3.63, 3.8) is 0 Å². The lowest BCUT2D eigenvalue weighted by atomic mass is 10.2. The van der Waals surface area contributed by atoms with E-state index in [0.29, 0.717) is 12.8 Å². The number of aryl methyl sites for hydroxylation is 1. The molecule has 0 spiro atoms. The summed E-state index contributed by atoms with van der Waals surface area (Å²) in [6.45, 7) is 0. The van der Waals surface area contributed by atoms with E-state index in [4.69, 9.17) is 0 Å². The minimum Gasteiger partial charge on any atom is -0.326 e. The smallest absolute Gasteiger partial charge is 0.306 e. The van der Waals surface area contributed by atoms with Crippen LogP contribution >= 0.6 is 11.3 Å². The highest BCUT2D eigenvalue weighted by Crippen LogP contribution is 2.22. The van der Waals surface area contributed by atoms with Crippen molar-refractivity contribution in [3.8, 4) is 0 Å². The Morgan fingerprint density at radius 1 is 1.38 bits per heavy atom. The van der Waals surface area contributed by atoms with Gasteiger partial charge in [-0.25, -0.2) is 0 Å². The van der Waals surface area contributed by atoms with Gasteiger partial charge < -0.3 is 5.32 Å². The van der Waals surface area contributed by atoms with E-state index in [0.717, 1.165) is 18.6 Å². The molecule has 0 aliphatic carbocycles.